The minimum absolute atomic E-state index is 0.00527. The molecule has 1 N–H and O–H groups in total. The van der Waals surface area contributed by atoms with Crippen molar-refractivity contribution in [1.82, 2.24) is 10.2 Å². The minimum atomic E-state index is -0.332. The molecule has 0 aliphatic carbocycles. The van der Waals surface area contributed by atoms with E-state index in [4.69, 9.17) is 0 Å². The number of thioether (sulfide) groups is 1. The van der Waals surface area contributed by atoms with Crippen molar-refractivity contribution >= 4 is 23.6 Å². The number of hydrogen-bond donors (Lipinski definition) is 1. The van der Waals surface area contributed by atoms with Crippen LogP contribution in [0.3, 0.4) is 0 Å². The van der Waals surface area contributed by atoms with Crippen molar-refractivity contribution in [3.05, 3.63) is 35.4 Å². The Hall–Kier alpha value is -1.49. The summed E-state index contributed by atoms with van der Waals surface area (Å²) in [5, 5.41) is 2.99. The van der Waals surface area contributed by atoms with Crippen LogP contribution in [0.1, 0.15) is 47.5 Å². The van der Waals surface area contributed by atoms with E-state index in [0.29, 0.717) is 12.3 Å². The number of benzene rings is 1. The Morgan fingerprint density at radius 3 is 3.00 bits per heavy atom. The first-order chi connectivity index (χ1) is 10.2. The summed E-state index contributed by atoms with van der Waals surface area (Å²) in [5.74, 6) is 0.668. The van der Waals surface area contributed by atoms with Gasteiger partial charge in [-0.3, -0.25) is 9.59 Å². The van der Waals surface area contributed by atoms with Crippen molar-refractivity contribution in [1.29, 1.82) is 0 Å². The lowest BCUT2D eigenvalue weighted by Gasteiger charge is -2.22. The second-order valence-electron chi connectivity index (χ2n) is 5.50. The smallest absolute Gasteiger partial charge is 0.256 e. The molecule has 0 unspecified atom stereocenters. The molecule has 1 aromatic rings. The number of carbonyl (C=O) groups is 2. The van der Waals surface area contributed by atoms with E-state index in [1.807, 2.05) is 24.3 Å². The number of hydrogen-bond acceptors (Lipinski definition) is 3. The predicted molar refractivity (Wildman–Crippen MR) is 84.1 cm³/mol. The van der Waals surface area contributed by atoms with Gasteiger partial charge in [0.15, 0.2) is 0 Å². The highest BCUT2D eigenvalue weighted by Gasteiger charge is 2.48. The lowest BCUT2D eigenvalue weighted by atomic mass is 10.1. The van der Waals surface area contributed by atoms with Crippen LogP contribution < -0.4 is 5.32 Å². The first kappa shape index (κ1) is 14.4. The molecule has 1 aromatic carbocycles. The molecule has 112 valence electrons. The highest BCUT2D eigenvalue weighted by atomic mass is 32.2. The van der Waals surface area contributed by atoms with E-state index in [2.05, 4.69) is 12.2 Å². The number of unbranched alkanes of at least 4 members (excludes halogenated alkanes) is 2. The fraction of sp³-hybridized carbons (Fsp3) is 0.500. The minimum Gasteiger partial charge on any atom is -0.354 e. The fourth-order valence-corrected chi connectivity index (χ4v) is 4.41. The Labute approximate surface area is 129 Å². The van der Waals surface area contributed by atoms with Gasteiger partial charge in [0.25, 0.3) is 5.91 Å². The Bertz CT molecular complexity index is 561. The monoisotopic (exact) mass is 304 g/mol. The van der Waals surface area contributed by atoms with Gasteiger partial charge in [0.05, 0.1) is 0 Å². The van der Waals surface area contributed by atoms with Crippen LogP contribution in [0.25, 0.3) is 0 Å². The van der Waals surface area contributed by atoms with Crippen LogP contribution in [0.2, 0.25) is 0 Å². The highest BCUT2D eigenvalue weighted by molar-refractivity contribution is 7.99. The van der Waals surface area contributed by atoms with Crippen LogP contribution in [-0.2, 0) is 4.79 Å². The molecule has 0 saturated carbocycles. The number of rotatable bonds is 5. The van der Waals surface area contributed by atoms with Gasteiger partial charge in [-0.2, -0.15) is 0 Å². The Balaban J connectivity index is 1.68. The highest BCUT2D eigenvalue weighted by Crippen LogP contribution is 2.47. The van der Waals surface area contributed by atoms with Gasteiger partial charge in [-0.15, -0.1) is 11.8 Å². The maximum Gasteiger partial charge on any atom is 0.256 e. The molecule has 0 spiro atoms. The normalized spacial score (nSPS) is 23.1. The van der Waals surface area contributed by atoms with Crippen molar-refractivity contribution in [2.75, 3.05) is 12.3 Å². The molecule has 5 heteroatoms. The molecular weight excluding hydrogens is 284 g/mol. The molecular formula is C16H20N2O2S. The van der Waals surface area contributed by atoms with Gasteiger partial charge in [-0.05, 0) is 18.1 Å². The van der Waals surface area contributed by atoms with Crippen molar-refractivity contribution in [2.45, 2.75) is 37.6 Å². The third kappa shape index (κ3) is 2.55. The summed E-state index contributed by atoms with van der Waals surface area (Å²) < 4.78 is 0. The summed E-state index contributed by atoms with van der Waals surface area (Å²) in [5.41, 5.74) is 1.80. The molecule has 3 rings (SSSR count). The summed E-state index contributed by atoms with van der Waals surface area (Å²) in [6.45, 7) is 2.84. The molecule has 2 heterocycles. The summed E-state index contributed by atoms with van der Waals surface area (Å²) in [6.07, 6.45) is 3.26. The number of nitrogens with one attached hydrogen (secondary N) is 1. The summed E-state index contributed by atoms with van der Waals surface area (Å²) in [7, 11) is 0. The number of nitrogens with zero attached hydrogens (tertiary/aromatic N) is 1. The third-order valence-corrected chi connectivity index (χ3v) is 5.38. The Morgan fingerprint density at radius 1 is 1.38 bits per heavy atom. The first-order valence-corrected chi connectivity index (χ1v) is 8.59. The number of fused-ring (bicyclic) bond motifs is 3. The average Bonchev–Trinajstić information content (AvgIpc) is 3.05. The SMILES string of the molecule is CCCCCNC(=O)[C@H]1CS[C@@H]2c3ccccc3C(=O)N12. The van der Waals surface area contributed by atoms with Crippen LogP contribution in [0, 0.1) is 0 Å². The van der Waals surface area contributed by atoms with Gasteiger partial charge in [-0.25, -0.2) is 0 Å². The molecule has 1 fully saturated rings. The van der Waals surface area contributed by atoms with Crippen LogP contribution in [0.4, 0.5) is 0 Å². The van der Waals surface area contributed by atoms with Gasteiger partial charge in [0.1, 0.15) is 11.4 Å². The first-order valence-electron chi connectivity index (χ1n) is 7.55. The average molecular weight is 304 g/mol. The molecule has 2 aliphatic heterocycles. The summed E-state index contributed by atoms with van der Waals surface area (Å²) >= 11 is 1.68. The van der Waals surface area contributed by atoms with Crippen LogP contribution >= 0.6 is 11.8 Å². The molecule has 0 radical (unpaired) electrons. The Kier molecular flexibility index (Phi) is 4.19. The zero-order chi connectivity index (χ0) is 14.8. The van der Waals surface area contributed by atoms with Gasteiger partial charge in [0, 0.05) is 17.9 Å². The Morgan fingerprint density at radius 2 is 2.19 bits per heavy atom. The van der Waals surface area contributed by atoms with Crippen molar-refractivity contribution in [3.8, 4) is 0 Å². The second-order valence-corrected chi connectivity index (χ2v) is 6.61. The van der Waals surface area contributed by atoms with E-state index in [1.165, 1.54) is 0 Å². The molecule has 0 bridgehead atoms. The van der Waals surface area contributed by atoms with Crippen LogP contribution in [0.5, 0.6) is 0 Å². The lowest BCUT2D eigenvalue weighted by Crippen LogP contribution is -2.46. The van der Waals surface area contributed by atoms with E-state index in [1.54, 1.807) is 16.7 Å². The maximum absolute atomic E-state index is 12.5. The van der Waals surface area contributed by atoms with E-state index < -0.39 is 0 Å². The summed E-state index contributed by atoms with van der Waals surface area (Å²) in [4.78, 5) is 26.6. The lowest BCUT2D eigenvalue weighted by molar-refractivity contribution is -0.124. The van der Waals surface area contributed by atoms with E-state index in [9.17, 15) is 9.59 Å². The second kappa shape index (κ2) is 6.10. The predicted octanol–water partition coefficient (Wildman–Crippen LogP) is 2.56. The zero-order valence-electron chi connectivity index (χ0n) is 12.2. The van der Waals surface area contributed by atoms with Gasteiger partial charge < -0.3 is 10.2 Å². The van der Waals surface area contributed by atoms with Crippen molar-refractivity contribution in [3.63, 3.8) is 0 Å². The van der Waals surface area contributed by atoms with E-state index >= 15 is 0 Å². The van der Waals surface area contributed by atoms with Gasteiger partial charge >= 0.3 is 0 Å². The topological polar surface area (TPSA) is 49.4 Å². The summed E-state index contributed by atoms with van der Waals surface area (Å²) in [6, 6.07) is 7.35. The molecule has 4 nitrogen and oxygen atoms in total. The van der Waals surface area contributed by atoms with Gasteiger partial charge in [0.2, 0.25) is 5.91 Å². The number of amides is 2. The van der Waals surface area contributed by atoms with Gasteiger partial charge in [-0.1, -0.05) is 38.0 Å². The quantitative estimate of drug-likeness (QED) is 0.851. The molecule has 2 atom stereocenters. The molecule has 0 aromatic heterocycles. The molecule has 1 saturated heterocycles. The fourth-order valence-electron chi connectivity index (χ4n) is 2.95. The van der Waals surface area contributed by atoms with Crippen molar-refractivity contribution < 1.29 is 9.59 Å². The molecule has 2 amide bonds. The van der Waals surface area contributed by atoms with Crippen molar-refractivity contribution in [2.24, 2.45) is 0 Å². The standard InChI is InChI=1S/C16H20N2O2S/c1-2-3-6-9-17-14(19)13-10-21-16-12-8-5-4-7-11(12)15(20)18(13)16/h4-5,7-8,13,16H,2-3,6,9-10H2,1H3,(H,17,19)/t13-,16-/m1/s1. The number of carbonyl (C=O) groups excluding carboxylic acids is 2. The molecule has 2 aliphatic rings. The zero-order valence-corrected chi connectivity index (χ0v) is 13.0. The van der Waals surface area contributed by atoms with E-state index in [-0.39, 0.29) is 23.2 Å². The van der Waals surface area contributed by atoms with Crippen LogP contribution in [-0.4, -0.2) is 35.1 Å². The van der Waals surface area contributed by atoms with E-state index in [0.717, 1.165) is 30.4 Å². The maximum atomic E-state index is 12.5. The largest absolute Gasteiger partial charge is 0.354 e. The van der Waals surface area contributed by atoms with Crippen LogP contribution in [0.15, 0.2) is 24.3 Å². The molecule has 21 heavy (non-hydrogen) atoms. The third-order valence-electron chi connectivity index (χ3n) is 4.07.